The molecule has 8 heteroatoms. The molecule has 4 N–H and O–H groups in total. The Balaban J connectivity index is 2.63. The average molecular weight is 315 g/mol. The maximum atomic E-state index is 11.7. The first kappa shape index (κ1) is 16.8. The second kappa shape index (κ2) is 7.49. The molecule has 0 aliphatic heterocycles. The Morgan fingerprint density at radius 1 is 1.24 bits per heavy atom. The van der Waals surface area contributed by atoms with Crippen LogP contribution in [0.1, 0.15) is 24.9 Å². The number of aliphatic carboxylic acids is 2. The first-order chi connectivity index (χ1) is 9.79. The van der Waals surface area contributed by atoms with E-state index in [1.54, 1.807) is 31.2 Å². The van der Waals surface area contributed by atoms with Crippen molar-refractivity contribution in [3.63, 3.8) is 0 Å². The molecule has 21 heavy (non-hydrogen) atoms. The molecular weight excluding hydrogens is 300 g/mol. The lowest BCUT2D eigenvalue weighted by Crippen LogP contribution is -2.47. The lowest BCUT2D eigenvalue weighted by Gasteiger charge is -2.18. The van der Waals surface area contributed by atoms with Gasteiger partial charge in [-0.3, -0.25) is 4.79 Å². The Bertz CT molecular complexity index is 549. The minimum atomic E-state index is -1.49. The van der Waals surface area contributed by atoms with Gasteiger partial charge in [0.05, 0.1) is 12.5 Å². The number of rotatable bonds is 6. The highest BCUT2D eigenvalue weighted by molar-refractivity contribution is 6.30. The van der Waals surface area contributed by atoms with E-state index < -0.39 is 36.5 Å². The van der Waals surface area contributed by atoms with Crippen LogP contribution in [0.2, 0.25) is 5.02 Å². The maximum absolute atomic E-state index is 11.7. The number of carboxylic acids is 2. The largest absolute Gasteiger partial charge is 0.481 e. The monoisotopic (exact) mass is 314 g/mol. The highest BCUT2D eigenvalue weighted by atomic mass is 35.5. The van der Waals surface area contributed by atoms with Crippen LogP contribution in [0.15, 0.2) is 24.3 Å². The topological polar surface area (TPSA) is 116 Å². The summed E-state index contributed by atoms with van der Waals surface area (Å²) >= 11 is 5.84. The summed E-state index contributed by atoms with van der Waals surface area (Å²) in [7, 11) is 0. The first-order valence-corrected chi connectivity index (χ1v) is 6.44. The van der Waals surface area contributed by atoms with Crippen molar-refractivity contribution in [2.24, 2.45) is 0 Å². The van der Waals surface area contributed by atoms with Gasteiger partial charge < -0.3 is 20.8 Å². The molecule has 0 aliphatic rings. The summed E-state index contributed by atoms with van der Waals surface area (Å²) in [4.78, 5) is 33.1. The number of benzene rings is 1. The molecule has 7 nitrogen and oxygen atoms in total. The molecular formula is C13H15ClN2O5. The second-order valence-corrected chi connectivity index (χ2v) is 4.82. The highest BCUT2D eigenvalue weighted by Gasteiger charge is 2.23. The zero-order valence-corrected chi connectivity index (χ0v) is 11.9. The van der Waals surface area contributed by atoms with Crippen molar-refractivity contribution < 1.29 is 24.6 Å². The van der Waals surface area contributed by atoms with Gasteiger partial charge in [0, 0.05) is 5.02 Å². The lowest BCUT2D eigenvalue weighted by molar-refractivity contribution is -0.145. The Morgan fingerprint density at radius 2 is 1.90 bits per heavy atom. The fourth-order valence-corrected chi connectivity index (χ4v) is 1.83. The normalized spacial score (nSPS) is 13.0. The van der Waals surface area contributed by atoms with Gasteiger partial charge in [-0.1, -0.05) is 23.7 Å². The summed E-state index contributed by atoms with van der Waals surface area (Å²) in [5.74, 6) is -2.73. The number of hydrogen-bond donors (Lipinski definition) is 4. The number of carbonyl (C=O) groups excluding carboxylic acids is 1. The zero-order valence-electron chi connectivity index (χ0n) is 11.2. The van der Waals surface area contributed by atoms with E-state index in [4.69, 9.17) is 21.8 Å². The Morgan fingerprint density at radius 3 is 2.43 bits per heavy atom. The van der Waals surface area contributed by atoms with Gasteiger partial charge in [-0.25, -0.2) is 9.59 Å². The van der Waals surface area contributed by atoms with E-state index in [1.165, 1.54) is 0 Å². The fourth-order valence-electron chi connectivity index (χ4n) is 1.63. The molecule has 114 valence electrons. The SMILES string of the molecule is CC(NC(=O)N[C@@H](CC(=O)O)C(=O)O)c1cccc(Cl)c1. The summed E-state index contributed by atoms with van der Waals surface area (Å²) in [5, 5.41) is 22.5. The van der Waals surface area contributed by atoms with Crippen LogP contribution in [-0.2, 0) is 9.59 Å². The van der Waals surface area contributed by atoms with Crippen LogP contribution < -0.4 is 10.6 Å². The molecule has 1 rings (SSSR count). The number of carbonyl (C=O) groups is 3. The molecule has 1 unspecified atom stereocenters. The van der Waals surface area contributed by atoms with E-state index >= 15 is 0 Å². The Hall–Kier alpha value is -2.28. The minimum absolute atomic E-state index is 0.414. The maximum Gasteiger partial charge on any atom is 0.326 e. The number of carboxylic acid groups (broad SMARTS) is 2. The van der Waals surface area contributed by atoms with Gasteiger partial charge in [-0.05, 0) is 24.6 Å². The summed E-state index contributed by atoms with van der Waals surface area (Å²) in [6.07, 6.45) is -0.700. The highest BCUT2D eigenvalue weighted by Crippen LogP contribution is 2.17. The molecule has 0 fully saturated rings. The van der Waals surface area contributed by atoms with Gasteiger partial charge in [0.15, 0.2) is 0 Å². The standard InChI is InChI=1S/C13H15ClN2O5/c1-7(8-3-2-4-9(14)5-8)15-13(21)16-10(12(19)20)6-11(17)18/h2-5,7,10H,6H2,1H3,(H,17,18)(H,19,20)(H2,15,16,21)/t7?,10-/m0/s1. The third kappa shape index (κ3) is 5.70. The first-order valence-electron chi connectivity index (χ1n) is 6.06. The average Bonchev–Trinajstić information content (AvgIpc) is 2.37. The van der Waals surface area contributed by atoms with Gasteiger partial charge in [-0.2, -0.15) is 0 Å². The number of hydrogen-bond acceptors (Lipinski definition) is 3. The van der Waals surface area contributed by atoms with Crippen LogP contribution in [0.3, 0.4) is 0 Å². The predicted molar refractivity (Wildman–Crippen MR) is 75.2 cm³/mol. The molecule has 2 atom stereocenters. The van der Waals surface area contributed by atoms with E-state index in [0.29, 0.717) is 5.02 Å². The lowest BCUT2D eigenvalue weighted by atomic mass is 10.1. The van der Waals surface area contributed by atoms with Gasteiger partial charge in [0.25, 0.3) is 0 Å². The summed E-state index contributed by atoms with van der Waals surface area (Å²) < 4.78 is 0. The minimum Gasteiger partial charge on any atom is -0.481 e. The Kier molecular flexibility index (Phi) is 5.98. The molecule has 0 saturated carbocycles. The van der Waals surface area contributed by atoms with Crippen molar-refractivity contribution in [3.8, 4) is 0 Å². The number of halogens is 1. The fraction of sp³-hybridized carbons (Fsp3) is 0.308. The van der Waals surface area contributed by atoms with Crippen molar-refractivity contribution >= 4 is 29.6 Å². The van der Waals surface area contributed by atoms with E-state index in [9.17, 15) is 14.4 Å². The number of amides is 2. The van der Waals surface area contributed by atoms with Crippen molar-refractivity contribution in [1.82, 2.24) is 10.6 Å². The van der Waals surface area contributed by atoms with Gasteiger partial charge in [0.2, 0.25) is 0 Å². The van der Waals surface area contributed by atoms with Crippen LogP contribution in [0, 0.1) is 0 Å². The van der Waals surface area contributed by atoms with Crippen LogP contribution in [0.5, 0.6) is 0 Å². The van der Waals surface area contributed by atoms with Crippen molar-refractivity contribution in [2.75, 3.05) is 0 Å². The zero-order chi connectivity index (χ0) is 16.0. The second-order valence-electron chi connectivity index (χ2n) is 4.38. The summed E-state index contributed by atoms with van der Waals surface area (Å²) in [6, 6.07) is 4.15. The molecule has 1 aromatic rings. The molecule has 0 bridgehead atoms. The van der Waals surface area contributed by atoms with Crippen LogP contribution in [0.4, 0.5) is 4.79 Å². The molecule has 0 radical (unpaired) electrons. The van der Waals surface area contributed by atoms with E-state index in [2.05, 4.69) is 10.6 Å². The summed E-state index contributed by atoms with van der Waals surface area (Å²) in [5.41, 5.74) is 0.739. The molecule has 2 amide bonds. The third-order valence-electron chi connectivity index (χ3n) is 2.68. The van der Waals surface area contributed by atoms with E-state index in [-0.39, 0.29) is 0 Å². The quantitative estimate of drug-likeness (QED) is 0.637. The smallest absolute Gasteiger partial charge is 0.326 e. The molecule has 0 spiro atoms. The van der Waals surface area contributed by atoms with Gasteiger partial charge >= 0.3 is 18.0 Å². The number of urea groups is 1. The predicted octanol–water partition coefficient (Wildman–Crippen LogP) is 1.63. The van der Waals surface area contributed by atoms with E-state index in [0.717, 1.165) is 5.56 Å². The van der Waals surface area contributed by atoms with Crippen LogP contribution in [0.25, 0.3) is 0 Å². The van der Waals surface area contributed by atoms with Crippen LogP contribution in [-0.4, -0.2) is 34.2 Å². The van der Waals surface area contributed by atoms with Crippen molar-refractivity contribution in [1.29, 1.82) is 0 Å². The van der Waals surface area contributed by atoms with Crippen molar-refractivity contribution in [2.45, 2.75) is 25.4 Å². The Labute approximate surface area is 125 Å². The molecule has 0 aromatic heterocycles. The number of nitrogens with one attached hydrogen (secondary N) is 2. The molecule has 0 saturated heterocycles. The van der Waals surface area contributed by atoms with Crippen LogP contribution >= 0.6 is 11.6 Å². The molecule has 0 heterocycles. The van der Waals surface area contributed by atoms with Gasteiger partial charge in [0.1, 0.15) is 6.04 Å². The molecule has 0 aliphatic carbocycles. The van der Waals surface area contributed by atoms with Crippen molar-refractivity contribution in [3.05, 3.63) is 34.9 Å². The summed E-state index contributed by atoms with van der Waals surface area (Å²) in [6.45, 7) is 1.69. The third-order valence-corrected chi connectivity index (χ3v) is 2.91. The van der Waals surface area contributed by atoms with Gasteiger partial charge in [-0.15, -0.1) is 0 Å². The van der Waals surface area contributed by atoms with E-state index in [1.807, 2.05) is 0 Å². The molecule has 1 aromatic carbocycles.